The predicted molar refractivity (Wildman–Crippen MR) is 116 cm³/mol. The Morgan fingerprint density at radius 1 is 1.03 bits per heavy atom. The van der Waals surface area contributed by atoms with Crippen LogP contribution in [0, 0.1) is 0 Å². The Morgan fingerprint density at radius 2 is 1.86 bits per heavy atom. The van der Waals surface area contributed by atoms with Crippen molar-refractivity contribution in [3.63, 3.8) is 0 Å². The van der Waals surface area contributed by atoms with Gasteiger partial charge >= 0.3 is 0 Å². The summed E-state index contributed by atoms with van der Waals surface area (Å²) in [7, 11) is 0. The van der Waals surface area contributed by atoms with E-state index in [-0.39, 0.29) is 0 Å². The summed E-state index contributed by atoms with van der Waals surface area (Å²) >= 11 is 0. The zero-order chi connectivity index (χ0) is 19.6. The number of nitrogens with one attached hydrogen (secondary N) is 2. The zero-order valence-electron chi connectivity index (χ0n) is 16.2. The molecular formula is C23H24N6. The molecule has 4 aromatic rings. The molecule has 0 saturated heterocycles. The minimum atomic E-state index is 0.434. The lowest BCUT2D eigenvalue weighted by atomic mass is 10.1. The third kappa shape index (κ3) is 3.37. The van der Waals surface area contributed by atoms with Crippen LogP contribution in [0.1, 0.15) is 22.5 Å². The summed E-state index contributed by atoms with van der Waals surface area (Å²) in [5.74, 6) is 1.57. The van der Waals surface area contributed by atoms with Crippen molar-refractivity contribution in [3.05, 3.63) is 83.2 Å². The van der Waals surface area contributed by atoms with Gasteiger partial charge in [0.25, 0.3) is 0 Å². The zero-order valence-corrected chi connectivity index (χ0v) is 16.2. The maximum absolute atomic E-state index is 6.06. The van der Waals surface area contributed by atoms with E-state index in [4.69, 9.17) is 15.7 Å². The maximum atomic E-state index is 6.06. The fourth-order valence-corrected chi connectivity index (χ4v) is 3.96. The minimum absolute atomic E-state index is 0.434. The van der Waals surface area contributed by atoms with Crippen LogP contribution in [0.5, 0.6) is 0 Å². The van der Waals surface area contributed by atoms with Crippen LogP contribution in [0.4, 0.5) is 5.82 Å². The highest BCUT2D eigenvalue weighted by molar-refractivity contribution is 5.82. The van der Waals surface area contributed by atoms with Crippen molar-refractivity contribution in [1.82, 2.24) is 19.9 Å². The molecule has 146 valence electrons. The van der Waals surface area contributed by atoms with Gasteiger partial charge < -0.3 is 16.4 Å². The molecule has 0 fully saturated rings. The molecule has 0 atom stereocenters. The van der Waals surface area contributed by atoms with E-state index in [9.17, 15) is 0 Å². The van der Waals surface area contributed by atoms with Crippen LogP contribution in [-0.2, 0) is 26.1 Å². The molecule has 0 spiro atoms. The second-order valence-electron chi connectivity index (χ2n) is 7.30. The predicted octanol–water partition coefficient (Wildman–Crippen LogP) is 3.14. The van der Waals surface area contributed by atoms with Crippen LogP contribution in [0.15, 0.2) is 60.7 Å². The lowest BCUT2D eigenvalue weighted by molar-refractivity contribution is 0.623. The summed E-state index contributed by atoms with van der Waals surface area (Å²) in [5, 5.41) is 8.13. The SMILES string of the molecule is NCc1cc2ccccc2n1-c1nc2c(c(NCc3ccccc3)n1)CNCC2. The Bertz CT molecular complexity index is 1150. The second-order valence-corrected chi connectivity index (χ2v) is 7.30. The van der Waals surface area contributed by atoms with E-state index in [1.54, 1.807) is 0 Å². The fraction of sp³-hybridized carbons (Fsp3) is 0.217. The number of rotatable bonds is 5. The van der Waals surface area contributed by atoms with Crippen LogP contribution in [0.3, 0.4) is 0 Å². The van der Waals surface area contributed by atoms with Crippen molar-refractivity contribution in [2.75, 3.05) is 11.9 Å². The van der Waals surface area contributed by atoms with Crippen LogP contribution in [0.25, 0.3) is 16.9 Å². The fourth-order valence-electron chi connectivity index (χ4n) is 3.96. The van der Waals surface area contributed by atoms with Crippen LogP contribution in [-0.4, -0.2) is 21.1 Å². The van der Waals surface area contributed by atoms with Crippen molar-refractivity contribution in [2.24, 2.45) is 5.73 Å². The molecule has 6 heteroatoms. The van der Waals surface area contributed by atoms with Crippen molar-refractivity contribution >= 4 is 16.7 Å². The van der Waals surface area contributed by atoms with E-state index < -0.39 is 0 Å². The molecule has 1 aliphatic rings. The first-order valence-corrected chi connectivity index (χ1v) is 10.0. The molecule has 0 saturated carbocycles. The van der Waals surface area contributed by atoms with Gasteiger partial charge in [-0.25, -0.2) is 4.98 Å². The van der Waals surface area contributed by atoms with Gasteiger partial charge in [-0.1, -0.05) is 48.5 Å². The highest BCUT2D eigenvalue weighted by Gasteiger charge is 2.20. The minimum Gasteiger partial charge on any atom is -0.366 e. The van der Waals surface area contributed by atoms with Crippen molar-refractivity contribution < 1.29 is 0 Å². The van der Waals surface area contributed by atoms with E-state index >= 15 is 0 Å². The largest absolute Gasteiger partial charge is 0.366 e. The van der Waals surface area contributed by atoms with Crippen molar-refractivity contribution in [1.29, 1.82) is 0 Å². The third-order valence-corrected chi connectivity index (χ3v) is 5.42. The average molecular weight is 384 g/mol. The normalized spacial score (nSPS) is 13.4. The Balaban J connectivity index is 1.61. The number of nitrogens with zero attached hydrogens (tertiary/aromatic N) is 3. The van der Waals surface area contributed by atoms with Crippen LogP contribution < -0.4 is 16.4 Å². The number of fused-ring (bicyclic) bond motifs is 2. The Kier molecular flexibility index (Phi) is 4.71. The molecule has 5 rings (SSSR count). The quantitative estimate of drug-likeness (QED) is 0.493. The first-order valence-electron chi connectivity index (χ1n) is 10.0. The number of nitrogens with two attached hydrogens (primary N) is 1. The summed E-state index contributed by atoms with van der Waals surface area (Å²) in [4.78, 5) is 9.89. The van der Waals surface area contributed by atoms with E-state index in [0.29, 0.717) is 12.5 Å². The first-order chi connectivity index (χ1) is 14.3. The number of para-hydroxylation sites is 1. The van der Waals surface area contributed by atoms with Crippen molar-refractivity contribution in [3.8, 4) is 5.95 Å². The molecule has 1 aliphatic heterocycles. The van der Waals surface area contributed by atoms with Gasteiger partial charge in [0.15, 0.2) is 0 Å². The molecule has 4 N–H and O–H groups in total. The maximum Gasteiger partial charge on any atom is 0.236 e. The molecule has 29 heavy (non-hydrogen) atoms. The lowest BCUT2D eigenvalue weighted by Gasteiger charge is -2.21. The molecular weight excluding hydrogens is 360 g/mol. The number of hydrogen-bond donors (Lipinski definition) is 3. The van der Waals surface area contributed by atoms with Gasteiger partial charge in [0.05, 0.1) is 11.2 Å². The highest BCUT2D eigenvalue weighted by atomic mass is 15.2. The summed E-state index contributed by atoms with van der Waals surface area (Å²) < 4.78 is 2.09. The highest BCUT2D eigenvalue weighted by Crippen LogP contribution is 2.27. The first kappa shape index (κ1) is 17.8. The Hall–Kier alpha value is -3.22. The van der Waals surface area contributed by atoms with E-state index in [0.717, 1.165) is 59.7 Å². The molecule has 0 amide bonds. The van der Waals surface area contributed by atoms with Crippen molar-refractivity contribution in [2.45, 2.75) is 26.1 Å². The molecule has 2 aromatic carbocycles. The van der Waals surface area contributed by atoms with Gasteiger partial charge in [-0.3, -0.25) is 4.57 Å². The van der Waals surface area contributed by atoms with Gasteiger partial charge in [-0.05, 0) is 17.7 Å². The molecule has 0 radical (unpaired) electrons. The molecule has 3 heterocycles. The molecule has 6 nitrogen and oxygen atoms in total. The molecule has 0 unspecified atom stereocenters. The van der Waals surface area contributed by atoms with Gasteiger partial charge in [-0.2, -0.15) is 4.98 Å². The van der Waals surface area contributed by atoms with E-state index in [2.05, 4.69) is 57.7 Å². The number of aromatic nitrogens is 3. The van der Waals surface area contributed by atoms with E-state index in [1.807, 2.05) is 18.2 Å². The number of hydrogen-bond acceptors (Lipinski definition) is 5. The topological polar surface area (TPSA) is 80.8 Å². The van der Waals surface area contributed by atoms with E-state index in [1.165, 1.54) is 5.56 Å². The second kappa shape index (κ2) is 7.66. The summed E-state index contributed by atoms with van der Waals surface area (Å²) in [6.45, 7) is 2.87. The standard InChI is InChI=1S/C23H24N6/c24-13-18-12-17-8-4-5-9-21(17)29(18)23-27-20-10-11-25-15-19(20)22(28-23)26-14-16-6-2-1-3-7-16/h1-9,12,25H,10-11,13-15,24H2,(H,26,27,28). The summed E-state index contributed by atoms with van der Waals surface area (Å²) in [6.07, 6.45) is 0.891. The summed E-state index contributed by atoms with van der Waals surface area (Å²) in [5.41, 5.74) is 11.6. The van der Waals surface area contributed by atoms with Gasteiger partial charge in [0.2, 0.25) is 5.95 Å². The molecule has 2 aromatic heterocycles. The van der Waals surface area contributed by atoms with Crippen LogP contribution >= 0.6 is 0 Å². The monoisotopic (exact) mass is 384 g/mol. The molecule has 0 bridgehead atoms. The van der Waals surface area contributed by atoms with Crippen LogP contribution in [0.2, 0.25) is 0 Å². The number of anilines is 1. The smallest absolute Gasteiger partial charge is 0.236 e. The van der Waals surface area contributed by atoms with Gasteiger partial charge in [0.1, 0.15) is 5.82 Å². The Morgan fingerprint density at radius 3 is 2.72 bits per heavy atom. The summed E-state index contributed by atoms with van der Waals surface area (Å²) in [6, 6.07) is 20.8. The Labute approximate surface area is 169 Å². The third-order valence-electron chi connectivity index (χ3n) is 5.42. The average Bonchev–Trinajstić information content (AvgIpc) is 3.16. The van der Waals surface area contributed by atoms with Gasteiger partial charge in [-0.15, -0.1) is 0 Å². The number of benzene rings is 2. The lowest BCUT2D eigenvalue weighted by Crippen LogP contribution is -2.27. The van der Waals surface area contributed by atoms with Gasteiger partial charge in [0, 0.05) is 49.2 Å². The molecule has 0 aliphatic carbocycles.